The first-order chi connectivity index (χ1) is 17.7. The lowest BCUT2D eigenvalue weighted by Gasteiger charge is -2.22. The molecular formula is C29H40N4O3. The summed E-state index contributed by atoms with van der Waals surface area (Å²) in [6, 6.07) is 17.7. The first kappa shape index (κ1) is 27.4. The minimum atomic E-state index is -0.0111. The normalized spacial score (nSPS) is 19.4. The van der Waals surface area contributed by atoms with E-state index in [1.165, 1.54) is 0 Å². The first-order valence-electron chi connectivity index (χ1n) is 13.0. The number of methoxy groups -OCH3 is 1. The molecule has 3 N–H and O–H groups in total. The van der Waals surface area contributed by atoms with Gasteiger partial charge < -0.3 is 25.6 Å². The van der Waals surface area contributed by atoms with Gasteiger partial charge in [0.2, 0.25) is 11.8 Å². The topological polar surface area (TPSA) is 82.7 Å². The second-order valence-corrected chi connectivity index (χ2v) is 9.07. The summed E-state index contributed by atoms with van der Waals surface area (Å²) in [6.07, 6.45) is 7.53. The van der Waals surface area contributed by atoms with Crippen molar-refractivity contribution < 1.29 is 14.3 Å². The molecule has 0 saturated carbocycles. The van der Waals surface area contributed by atoms with E-state index in [4.69, 9.17) is 4.74 Å². The van der Waals surface area contributed by atoms with Crippen molar-refractivity contribution in [3.63, 3.8) is 0 Å². The zero-order valence-electron chi connectivity index (χ0n) is 21.4. The average Bonchev–Trinajstić information content (AvgIpc) is 2.91. The molecular weight excluding hydrogens is 452 g/mol. The van der Waals surface area contributed by atoms with Crippen LogP contribution in [0.3, 0.4) is 0 Å². The quantitative estimate of drug-likeness (QED) is 0.569. The van der Waals surface area contributed by atoms with Crippen LogP contribution in [0.5, 0.6) is 5.75 Å². The Hall–Kier alpha value is -3.16. The third-order valence-corrected chi connectivity index (χ3v) is 6.32. The number of amides is 2. The molecule has 0 unspecified atom stereocenters. The third-order valence-electron chi connectivity index (χ3n) is 6.32. The van der Waals surface area contributed by atoms with Gasteiger partial charge in [-0.3, -0.25) is 9.59 Å². The van der Waals surface area contributed by atoms with E-state index >= 15 is 0 Å². The van der Waals surface area contributed by atoms with Crippen molar-refractivity contribution in [2.75, 3.05) is 46.4 Å². The number of hydrogen-bond donors (Lipinski definition) is 3. The highest BCUT2D eigenvalue weighted by Gasteiger charge is 2.16. The Morgan fingerprint density at radius 1 is 0.917 bits per heavy atom. The molecule has 0 bridgehead atoms. The predicted octanol–water partition coefficient (Wildman–Crippen LogP) is 3.54. The number of carbonyl (C=O) groups excluding carboxylic acids is 2. The Morgan fingerprint density at radius 3 is 2.44 bits per heavy atom. The van der Waals surface area contributed by atoms with Crippen molar-refractivity contribution >= 4 is 17.9 Å². The maximum absolute atomic E-state index is 12.9. The number of carbonyl (C=O) groups is 2. The predicted molar refractivity (Wildman–Crippen MR) is 145 cm³/mol. The zero-order valence-corrected chi connectivity index (χ0v) is 21.4. The smallest absolute Gasteiger partial charge is 0.246 e. The van der Waals surface area contributed by atoms with Gasteiger partial charge in [0.25, 0.3) is 0 Å². The molecule has 194 valence electrons. The largest absolute Gasteiger partial charge is 0.497 e. The van der Waals surface area contributed by atoms with Crippen LogP contribution in [0.4, 0.5) is 0 Å². The standard InChI is InChI=1S/C29H40N4O3/c1-36-26-14-11-24(12-15-26)13-16-29(35)33-21-6-5-17-30-18-7-19-31-27(25-9-3-2-4-10-25)23-28(34)32-20-8-22-33/h2-4,9-16,27,30-31H,5-8,17-23H2,1H3,(H,32,34)/t27-/m0/s1. The van der Waals surface area contributed by atoms with Crippen LogP contribution in [0.2, 0.25) is 0 Å². The Bertz CT molecular complexity index is 947. The van der Waals surface area contributed by atoms with Crippen molar-refractivity contribution in [1.29, 1.82) is 0 Å². The lowest BCUT2D eigenvalue weighted by Crippen LogP contribution is -2.35. The van der Waals surface area contributed by atoms with Gasteiger partial charge in [-0.25, -0.2) is 0 Å². The second-order valence-electron chi connectivity index (χ2n) is 9.07. The van der Waals surface area contributed by atoms with Gasteiger partial charge in [0.15, 0.2) is 0 Å². The molecule has 7 nitrogen and oxygen atoms in total. The van der Waals surface area contributed by atoms with E-state index in [2.05, 4.69) is 28.1 Å². The van der Waals surface area contributed by atoms with Gasteiger partial charge in [-0.2, -0.15) is 0 Å². The van der Waals surface area contributed by atoms with Crippen molar-refractivity contribution in [2.24, 2.45) is 0 Å². The molecule has 7 heteroatoms. The van der Waals surface area contributed by atoms with Crippen LogP contribution in [-0.4, -0.2) is 63.1 Å². The van der Waals surface area contributed by atoms with Gasteiger partial charge in [-0.15, -0.1) is 0 Å². The molecule has 2 aromatic carbocycles. The van der Waals surface area contributed by atoms with E-state index in [-0.39, 0.29) is 17.9 Å². The molecule has 3 rings (SSSR count). The van der Waals surface area contributed by atoms with Gasteiger partial charge in [-0.1, -0.05) is 42.5 Å². The van der Waals surface area contributed by atoms with Crippen LogP contribution in [0.15, 0.2) is 60.7 Å². The number of hydrogen-bond acceptors (Lipinski definition) is 5. The molecule has 1 heterocycles. The van der Waals surface area contributed by atoms with Crippen LogP contribution in [0.1, 0.15) is 49.3 Å². The van der Waals surface area contributed by atoms with Gasteiger partial charge in [-0.05, 0) is 74.7 Å². The summed E-state index contributed by atoms with van der Waals surface area (Å²) in [4.78, 5) is 27.5. The van der Waals surface area contributed by atoms with Crippen LogP contribution in [0, 0.1) is 0 Å². The van der Waals surface area contributed by atoms with E-state index in [0.29, 0.717) is 26.1 Å². The fourth-order valence-electron chi connectivity index (χ4n) is 4.24. The first-order valence-corrected chi connectivity index (χ1v) is 13.0. The highest BCUT2D eigenvalue weighted by atomic mass is 16.5. The Kier molecular flexibility index (Phi) is 12.0. The minimum Gasteiger partial charge on any atom is -0.497 e. The molecule has 1 atom stereocenters. The van der Waals surface area contributed by atoms with Crippen LogP contribution in [0.25, 0.3) is 6.08 Å². The summed E-state index contributed by atoms with van der Waals surface area (Å²) < 4.78 is 5.19. The number of ether oxygens (including phenoxy) is 1. The monoisotopic (exact) mass is 492 g/mol. The SMILES string of the molecule is COc1ccc(C=CC(=O)N2CCCCNCCCN[C@H](c3ccccc3)CC(=O)NCCC2)cc1. The van der Waals surface area contributed by atoms with Crippen molar-refractivity contribution in [1.82, 2.24) is 20.9 Å². The molecule has 0 spiro atoms. The van der Waals surface area contributed by atoms with Gasteiger partial charge >= 0.3 is 0 Å². The lowest BCUT2D eigenvalue weighted by molar-refractivity contribution is -0.126. The molecule has 0 aromatic heterocycles. The third kappa shape index (κ3) is 9.84. The van der Waals surface area contributed by atoms with Gasteiger partial charge in [0, 0.05) is 38.2 Å². The van der Waals surface area contributed by atoms with Crippen molar-refractivity contribution in [3.05, 3.63) is 71.8 Å². The van der Waals surface area contributed by atoms with E-state index in [9.17, 15) is 9.59 Å². The van der Waals surface area contributed by atoms with Crippen LogP contribution >= 0.6 is 0 Å². The average molecular weight is 493 g/mol. The zero-order chi connectivity index (χ0) is 25.4. The molecule has 1 saturated heterocycles. The van der Waals surface area contributed by atoms with E-state index in [1.807, 2.05) is 53.4 Å². The summed E-state index contributed by atoms with van der Waals surface area (Å²) >= 11 is 0. The number of nitrogens with zero attached hydrogens (tertiary/aromatic N) is 1. The molecule has 1 aliphatic rings. The highest BCUT2D eigenvalue weighted by molar-refractivity contribution is 5.91. The molecule has 36 heavy (non-hydrogen) atoms. The van der Waals surface area contributed by atoms with Gasteiger partial charge in [0.05, 0.1) is 7.11 Å². The lowest BCUT2D eigenvalue weighted by atomic mass is 10.0. The summed E-state index contributed by atoms with van der Waals surface area (Å²) in [7, 11) is 1.64. The van der Waals surface area contributed by atoms with E-state index in [0.717, 1.165) is 62.2 Å². The Morgan fingerprint density at radius 2 is 1.67 bits per heavy atom. The minimum absolute atomic E-state index is 0.00337. The molecule has 2 aromatic rings. The summed E-state index contributed by atoms with van der Waals surface area (Å²) in [6.45, 7) is 4.58. The Balaban J connectivity index is 1.57. The maximum atomic E-state index is 12.9. The van der Waals surface area contributed by atoms with Crippen LogP contribution < -0.4 is 20.7 Å². The summed E-state index contributed by atoms with van der Waals surface area (Å²) in [5.41, 5.74) is 2.08. The second kappa shape index (κ2) is 15.8. The molecule has 1 fully saturated rings. The number of benzene rings is 2. The maximum Gasteiger partial charge on any atom is 0.246 e. The van der Waals surface area contributed by atoms with Crippen molar-refractivity contribution in [3.8, 4) is 5.75 Å². The summed E-state index contributed by atoms with van der Waals surface area (Å²) in [5, 5.41) is 10.1. The number of rotatable bonds is 4. The summed E-state index contributed by atoms with van der Waals surface area (Å²) in [5.74, 6) is 0.810. The van der Waals surface area contributed by atoms with Crippen molar-refractivity contribution in [2.45, 2.75) is 38.1 Å². The molecule has 0 aliphatic carbocycles. The van der Waals surface area contributed by atoms with E-state index in [1.54, 1.807) is 13.2 Å². The molecule has 2 amide bonds. The van der Waals surface area contributed by atoms with Gasteiger partial charge in [0.1, 0.15) is 5.75 Å². The molecule has 1 aliphatic heterocycles. The Labute approximate surface area is 215 Å². The van der Waals surface area contributed by atoms with E-state index < -0.39 is 0 Å². The fraction of sp³-hybridized carbons (Fsp3) is 0.448. The fourth-order valence-corrected chi connectivity index (χ4v) is 4.24. The van der Waals surface area contributed by atoms with Crippen LogP contribution in [-0.2, 0) is 9.59 Å². The highest BCUT2D eigenvalue weighted by Crippen LogP contribution is 2.16. The molecule has 0 radical (unpaired) electrons. The number of nitrogens with one attached hydrogen (secondary N) is 3.